The molecular weight excluding hydrogens is 284 g/mol. The van der Waals surface area contributed by atoms with E-state index in [0.717, 1.165) is 24.1 Å². The molecule has 1 N–H and O–H groups in total. The smallest absolute Gasteiger partial charge is 0.200 e. The predicted octanol–water partition coefficient (Wildman–Crippen LogP) is 3.48. The number of benzene rings is 1. The van der Waals surface area contributed by atoms with E-state index in [2.05, 4.69) is 37.6 Å². The van der Waals surface area contributed by atoms with Crippen molar-refractivity contribution in [1.82, 2.24) is 4.83 Å². The molecule has 0 unspecified atom stereocenters. The molecule has 1 fully saturated rings. The van der Waals surface area contributed by atoms with Crippen LogP contribution >= 0.6 is 0 Å². The van der Waals surface area contributed by atoms with Crippen molar-refractivity contribution in [3.05, 3.63) is 29.8 Å². The van der Waals surface area contributed by atoms with E-state index >= 15 is 0 Å². The van der Waals surface area contributed by atoms with Crippen molar-refractivity contribution in [3.8, 4) is 0 Å². The Kier molecular flexibility index (Phi) is 3.91. The van der Waals surface area contributed by atoms with Crippen LogP contribution in [0.1, 0.15) is 46.1 Å². The van der Waals surface area contributed by atoms with Gasteiger partial charge in [-0.1, -0.05) is 45.4 Å². The zero-order valence-electron chi connectivity index (χ0n) is 13.4. The normalized spacial score (nSPS) is 20.3. The molecule has 1 aromatic carbocycles. The molecule has 21 heavy (non-hydrogen) atoms. The summed E-state index contributed by atoms with van der Waals surface area (Å²) in [7, 11) is -3.60. The van der Waals surface area contributed by atoms with Gasteiger partial charge in [0, 0.05) is 10.8 Å². The molecule has 1 aliphatic carbocycles. The minimum Gasteiger partial charge on any atom is -0.200 e. The Morgan fingerprint density at radius 1 is 1.00 bits per heavy atom. The van der Waals surface area contributed by atoms with Gasteiger partial charge in [0.1, 0.15) is 0 Å². The summed E-state index contributed by atoms with van der Waals surface area (Å²) in [6.45, 7) is 10.4. The Morgan fingerprint density at radius 2 is 1.48 bits per heavy atom. The van der Waals surface area contributed by atoms with Crippen molar-refractivity contribution in [2.45, 2.75) is 52.4 Å². The third kappa shape index (κ3) is 3.28. The fourth-order valence-electron chi connectivity index (χ4n) is 2.96. The molecule has 0 bridgehead atoms. The van der Waals surface area contributed by atoms with Crippen molar-refractivity contribution >= 4 is 15.7 Å². The second-order valence-electron chi connectivity index (χ2n) is 7.14. The van der Waals surface area contributed by atoms with Gasteiger partial charge in [-0.3, -0.25) is 0 Å². The molecule has 5 heteroatoms. The summed E-state index contributed by atoms with van der Waals surface area (Å²) in [4.78, 5) is 2.65. The van der Waals surface area contributed by atoms with Gasteiger partial charge in [-0.2, -0.15) is 13.5 Å². The summed E-state index contributed by atoms with van der Waals surface area (Å²) in [5.41, 5.74) is 1.81. The van der Waals surface area contributed by atoms with Crippen LogP contribution in [-0.2, 0) is 10.0 Å². The average Bonchev–Trinajstić information content (AvgIpc) is 2.57. The van der Waals surface area contributed by atoms with E-state index in [1.165, 1.54) is 0 Å². The van der Waals surface area contributed by atoms with Crippen LogP contribution in [0.4, 0.5) is 0 Å². The minimum atomic E-state index is -3.60. The third-order valence-electron chi connectivity index (χ3n) is 4.27. The van der Waals surface area contributed by atoms with Gasteiger partial charge in [0.05, 0.1) is 10.6 Å². The standard InChI is InChI=1S/C16H24N2O2S/c1-12-6-8-13(9-7-12)21(19,20)18-17-14-15(2,3)10-11-16(14,4)5/h6-9,18H,10-11H2,1-5H3. The van der Waals surface area contributed by atoms with E-state index in [-0.39, 0.29) is 15.7 Å². The molecule has 1 aromatic rings. The van der Waals surface area contributed by atoms with Gasteiger partial charge in [0.2, 0.25) is 0 Å². The number of nitrogens with one attached hydrogen (secondary N) is 1. The maximum atomic E-state index is 12.3. The summed E-state index contributed by atoms with van der Waals surface area (Å²) in [5.74, 6) is 0. The van der Waals surface area contributed by atoms with Gasteiger partial charge in [0.25, 0.3) is 10.0 Å². The molecule has 0 heterocycles. The molecular formula is C16H24N2O2S. The fraction of sp³-hybridized carbons (Fsp3) is 0.562. The number of rotatable bonds is 3. The quantitative estimate of drug-likeness (QED) is 0.869. The van der Waals surface area contributed by atoms with E-state index < -0.39 is 10.0 Å². The summed E-state index contributed by atoms with van der Waals surface area (Å²) in [6, 6.07) is 6.77. The molecule has 1 saturated carbocycles. The molecule has 0 aromatic heterocycles. The SMILES string of the molecule is Cc1ccc(S(=O)(=O)NN=C2C(C)(C)CCC2(C)C)cc1. The highest BCUT2D eigenvalue weighted by molar-refractivity contribution is 7.89. The molecule has 1 aliphatic rings. The first-order chi connectivity index (χ1) is 9.55. The van der Waals surface area contributed by atoms with Crippen LogP contribution in [0.5, 0.6) is 0 Å². The molecule has 116 valence electrons. The Bertz CT molecular complexity index is 638. The Balaban J connectivity index is 2.29. The maximum absolute atomic E-state index is 12.3. The number of hydrogen-bond donors (Lipinski definition) is 1. The lowest BCUT2D eigenvalue weighted by Gasteiger charge is -2.25. The first kappa shape index (κ1) is 16.0. The van der Waals surface area contributed by atoms with Crippen LogP contribution in [0, 0.1) is 17.8 Å². The maximum Gasteiger partial charge on any atom is 0.276 e. The summed E-state index contributed by atoms with van der Waals surface area (Å²) in [5, 5.41) is 4.28. The van der Waals surface area contributed by atoms with E-state index in [0.29, 0.717) is 0 Å². The van der Waals surface area contributed by atoms with Gasteiger partial charge < -0.3 is 0 Å². The summed E-state index contributed by atoms with van der Waals surface area (Å²) in [6.07, 6.45) is 2.04. The van der Waals surface area contributed by atoms with Crippen LogP contribution in [-0.4, -0.2) is 14.1 Å². The molecule has 0 spiro atoms. The number of sulfonamides is 1. The molecule has 2 rings (SSSR count). The second kappa shape index (κ2) is 5.13. The van der Waals surface area contributed by atoms with Gasteiger partial charge in [-0.05, 0) is 31.9 Å². The predicted molar refractivity (Wildman–Crippen MR) is 85.7 cm³/mol. The Labute approximate surface area is 127 Å². The van der Waals surface area contributed by atoms with Crippen LogP contribution in [0.3, 0.4) is 0 Å². The lowest BCUT2D eigenvalue weighted by atomic mass is 9.82. The van der Waals surface area contributed by atoms with E-state index in [4.69, 9.17) is 0 Å². The van der Waals surface area contributed by atoms with Gasteiger partial charge in [0.15, 0.2) is 0 Å². The van der Waals surface area contributed by atoms with Gasteiger partial charge >= 0.3 is 0 Å². The Morgan fingerprint density at radius 3 is 1.95 bits per heavy atom. The number of hydrogen-bond acceptors (Lipinski definition) is 3. The number of hydrazone groups is 1. The highest BCUT2D eigenvalue weighted by atomic mass is 32.2. The van der Waals surface area contributed by atoms with Crippen molar-refractivity contribution in [2.75, 3.05) is 0 Å². The third-order valence-corrected chi connectivity index (χ3v) is 5.49. The van der Waals surface area contributed by atoms with Crippen LogP contribution < -0.4 is 4.83 Å². The molecule has 0 amide bonds. The lowest BCUT2D eigenvalue weighted by Crippen LogP contribution is -2.31. The molecule has 4 nitrogen and oxygen atoms in total. The highest BCUT2D eigenvalue weighted by Crippen LogP contribution is 2.45. The van der Waals surface area contributed by atoms with E-state index in [1.807, 2.05) is 6.92 Å². The molecule has 0 radical (unpaired) electrons. The lowest BCUT2D eigenvalue weighted by molar-refractivity contribution is 0.476. The van der Waals surface area contributed by atoms with E-state index in [1.54, 1.807) is 24.3 Å². The van der Waals surface area contributed by atoms with Crippen LogP contribution in [0.2, 0.25) is 0 Å². The number of nitrogens with zero attached hydrogens (tertiary/aromatic N) is 1. The average molecular weight is 308 g/mol. The molecule has 0 aliphatic heterocycles. The first-order valence-corrected chi connectivity index (χ1v) is 8.70. The topological polar surface area (TPSA) is 58.5 Å². The van der Waals surface area contributed by atoms with Crippen molar-refractivity contribution in [1.29, 1.82) is 0 Å². The second-order valence-corrected chi connectivity index (χ2v) is 8.80. The van der Waals surface area contributed by atoms with E-state index in [9.17, 15) is 8.42 Å². The number of aryl methyl sites for hydroxylation is 1. The first-order valence-electron chi connectivity index (χ1n) is 7.22. The highest BCUT2D eigenvalue weighted by Gasteiger charge is 2.44. The van der Waals surface area contributed by atoms with Crippen molar-refractivity contribution in [2.24, 2.45) is 15.9 Å². The largest absolute Gasteiger partial charge is 0.276 e. The van der Waals surface area contributed by atoms with Crippen LogP contribution in [0.15, 0.2) is 34.3 Å². The minimum absolute atomic E-state index is 0.0701. The fourth-order valence-corrected chi connectivity index (χ4v) is 3.77. The van der Waals surface area contributed by atoms with Gasteiger partial charge in [-0.25, -0.2) is 4.83 Å². The van der Waals surface area contributed by atoms with Crippen molar-refractivity contribution < 1.29 is 8.42 Å². The zero-order chi connectivity index (χ0) is 15.9. The Hall–Kier alpha value is -1.36. The zero-order valence-corrected chi connectivity index (χ0v) is 14.2. The molecule has 0 saturated heterocycles. The van der Waals surface area contributed by atoms with Gasteiger partial charge in [-0.15, -0.1) is 0 Å². The summed E-state index contributed by atoms with van der Waals surface area (Å²) < 4.78 is 24.6. The van der Waals surface area contributed by atoms with Crippen molar-refractivity contribution in [3.63, 3.8) is 0 Å². The van der Waals surface area contributed by atoms with Crippen LogP contribution in [0.25, 0.3) is 0 Å². The molecule has 0 atom stereocenters. The monoisotopic (exact) mass is 308 g/mol. The summed E-state index contributed by atoms with van der Waals surface area (Å²) >= 11 is 0.